The molecule has 0 aromatic carbocycles. The minimum atomic E-state index is -4.88. The molecule has 1 amide bonds. The summed E-state index contributed by atoms with van der Waals surface area (Å²) in [5.74, 6) is -1.27. The Morgan fingerprint density at radius 2 is 1.90 bits per heavy atom. The molecule has 1 aliphatic rings. The van der Waals surface area contributed by atoms with Gasteiger partial charge in [-0.1, -0.05) is 0 Å². The van der Waals surface area contributed by atoms with Crippen LogP contribution in [0.4, 0.5) is 26.3 Å². The van der Waals surface area contributed by atoms with Crippen molar-refractivity contribution in [2.75, 3.05) is 13.1 Å². The number of nitrogens with zero attached hydrogens (tertiary/aromatic N) is 4. The molecule has 0 saturated carbocycles. The van der Waals surface area contributed by atoms with Gasteiger partial charge in [-0.05, 0) is 26.2 Å². The zero-order chi connectivity index (χ0) is 22.3. The van der Waals surface area contributed by atoms with Gasteiger partial charge >= 0.3 is 12.4 Å². The summed E-state index contributed by atoms with van der Waals surface area (Å²) in [7, 11) is 0. The molecular formula is C17H17F6N5O2. The Labute approximate surface area is 165 Å². The highest BCUT2D eigenvalue weighted by atomic mass is 19.4. The fourth-order valence-electron chi connectivity index (χ4n) is 3.26. The summed E-state index contributed by atoms with van der Waals surface area (Å²) < 4.78 is 76.9. The predicted molar refractivity (Wildman–Crippen MR) is 91.4 cm³/mol. The molecule has 0 radical (unpaired) electrons. The standard InChI is InChI=1S/C17H17F6N5O2/c1-9-11(14(30)27(8-17(21,22)23)6-5-16(18,19)20)7-24-28(9)15-25-12-4-2-3-10(12)13(29)26-15/h7H,2-6,8H2,1H3,(H,25,26,29). The van der Waals surface area contributed by atoms with Gasteiger partial charge in [0.15, 0.2) is 0 Å². The van der Waals surface area contributed by atoms with E-state index in [-0.39, 0.29) is 27.7 Å². The highest BCUT2D eigenvalue weighted by molar-refractivity contribution is 5.95. The number of fused-ring (bicyclic) bond motifs is 1. The molecule has 0 aliphatic heterocycles. The van der Waals surface area contributed by atoms with Gasteiger partial charge in [0.25, 0.3) is 11.5 Å². The third-order valence-corrected chi connectivity index (χ3v) is 4.69. The van der Waals surface area contributed by atoms with Crippen LogP contribution in [0.5, 0.6) is 0 Å². The second-order valence-corrected chi connectivity index (χ2v) is 6.93. The molecule has 0 fully saturated rings. The lowest BCUT2D eigenvalue weighted by Gasteiger charge is -2.24. The van der Waals surface area contributed by atoms with Crippen molar-refractivity contribution in [1.29, 1.82) is 0 Å². The molecule has 0 bridgehead atoms. The van der Waals surface area contributed by atoms with Crippen LogP contribution in [0.1, 0.15) is 40.2 Å². The largest absolute Gasteiger partial charge is 0.406 e. The maximum atomic E-state index is 12.8. The van der Waals surface area contributed by atoms with Crippen LogP contribution in [0.2, 0.25) is 0 Å². The van der Waals surface area contributed by atoms with E-state index < -0.39 is 37.8 Å². The van der Waals surface area contributed by atoms with Crippen LogP contribution < -0.4 is 5.56 Å². The minimum Gasteiger partial charge on any atom is -0.329 e. The third-order valence-electron chi connectivity index (χ3n) is 4.69. The Hall–Kier alpha value is -2.86. The van der Waals surface area contributed by atoms with Gasteiger partial charge in [-0.3, -0.25) is 14.6 Å². The fourth-order valence-corrected chi connectivity index (χ4v) is 3.26. The van der Waals surface area contributed by atoms with Crippen LogP contribution in [0.3, 0.4) is 0 Å². The van der Waals surface area contributed by atoms with Gasteiger partial charge in [0, 0.05) is 12.1 Å². The van der Waals surface area contributed by atoms with E-state index in [2.05, 4.69) is 15.1 Å². The number of rotatable bonds is 5. The molecule has 1 N–H and O–H groups in total. The fraction of sp³-hybridized carbons (Fsp3) is 0.529. The highest BCUT2D eigenvalue weighted by Crippen LogP contribution is 2.24. The molecule has 7 nitrogen and oxygen atoms in total. The van der Waals surface area contributed by atoms with Gasteiger partial charge in [-0.15, -0.1) is 0 Å². The van der Waals surface area contributed by atoms with E-state index in [1.165, 1.54) is 6.92 Å². The third kappa shape index (κ3) is 4.82. The number of hydrogen-bond acceptors (Lipinski definition) is 4. The molecular weight excluding hydrogens is 420 g/mol. The molecule has 2 aromatic heterocycles. The Morgan fingerprint density at radius 1 is 1.20 bits per heavy atom. The maximum Gasteiger partial charge on any atom is 0.406 e. The van der Waals surface area contributed by atoms with E-state index in [0.29, 0.717) is 24.1 Å². The summed E-state index contributed by atoms with van der Waals surface area (Å²) in [5.41, 5.74) is 0.466. The van der Waals surface area contributed by atoms with Crippen molar-refractivity contribution in [3.8, 4) is 5.95 Å². The first kappa shape index (κ1) is 21.8. The predicted octanol–water partition coefficient (Wildman–Crippen LogP) is 2.71. The first-order chi connectivity index (χ1) is 13.9. The number of aryl methyl sites for hydroxylation is 1. The van der Waals surface area contributed by atoms with Crippen molar-refractivity contribution in [1.82, 2.24) is 24.6 Å². The zero-order valence-electron chi connectivity index (χ0n) is 15.7. The van der Waals surface area contributed by atoms with E-state index in [9.17, 15) is 35.9 Å². The molecule has 0 atom stereocenters. The molecule has 13 heteroatoms. The molecule has 3 rings (SSSR count). The monoisotopic (exact) mass is 437 g/mol. The van der Waals surface area contributed by atoms with Crippen LogP contribution in [-0.4, -0.2) is 56.0 Å². The second kappa shape index (κ2) is 7.76. The molecule has 164 valence electrons. The number of aromatic nitrogens is 4. The number of H-pyrrole nitrogens is 1. The number of halogens is 6. The summed E-state index contributed by atoms with van der Waals surface area (Å²) in [6, 6.07) is 0. The molecule has 1 aliphatic carbocycles. The average Bonchev–Trinajstić information content (AvgIpc) is 3.23. The van der Waals surface area contributed by atoms with E-state index >= 15 is 0 Å². The van der Waals surface area contributed by atoms with Crippen molar-refractivity contribution in [3.05, 3.63) is 39.1 Å². The number of amides is 1. The van der Waals surface area contributed by atoms with Gasteiger partial charge in [-0.2, -0.15) is 31.4 Å². The Bertz CT molecular complexity index is 1010. The van der Waals surface area contributed by atoms with Crippen molar-refractivity contribution >= 4 is 5.91 Å². The summed E-state index contributed by atoms with van der Waals surface area (Å²) in [6.07, 6.45) is -8.33. The molecule has 30 heavy (non-hydrogen) atoms. The van der Waals surface area contributed by atoms with Crippen LogP contribution in [0.15, 0.2) is 11.0 Å². The van der Waals surface area contributed by atoms with Crippen molar-refractivity contribution in [2.24, 2.45) is 0 Å². The Balaban J connectivity index is 1.91. The van der Waals surface area contributed by atoms with Crippen LogP contribution in [0, 0.1) is 6.92 Å². The van der Waals surface area contributed by atoms with Crippen molar-refractivity contribution < 1.29 is 31.1 Å². The van der Waals surface area contributed by atoms with Crippen molar-refractivity contribution in [3.63, 3.8) is 0 Å². The van der Waals surface area contributed by atoms with Gasteiger partial charge < -0.3 is 4.90 Å². The van der Waals surface area contributed by atoms with E-state index in [0.717, 1.165) is 17.3 Å². The maximum absolute atomic E-state index is 12.8. The van der Waals surface area contributed by atoms with E-state index in [1.807, 2.05) is 0 Å². The summed E-state index contributed by atoms with van der Waals surface area (Å²) >= 11 is 0. The number of carbonyl (C=O) groups excluding carboxylic acids is 1. The second-order valence-electron chi connectivity index (χ2n) is 6.93. The lowest BCUT2D eigenvalue weighted by atomic mass is 10.2. The number of hydrogen-bond donors (Lipinski definition) is 1. The Morgan fingerprint density at radius 3 is 2.53 bits per heavy atom. The van der Waals surface area contributed by atoms with E-state index in [4.69, 9.17) is 0 Å². The lowest BCUT2D eigenvalue weighted by molar-refractivity contribution is -0.155. The summed E-state index contributed by atoms with van der Waals surface area (Å²) in [4.78, 5) is 31.6. The number of nitrogens with one attached hydrogen (secondary N) is 1. The molecule has 0 spiro atoms. The smallest absolute Gasteiger partial charge is 0.329 e. The zero-order valence-corrected chi connectivity index (χ0v) is 15.7. The quantitative estimate of drug-likeness (QED) is 0.730. The Kier molecular flexibility index (Phi) is 5.65. The van der Waals surface area contributed by atoms with Gasteiger partial charge in [0.2, 0.25) is 5.95 Å². The topological polar surface area (TPSA) is 83.9 Å². The van der Waals surface area contributed by atoms with Crippen molar-refractivity contribution in [2.45, 2.75) is 45.0 Å². The van der Waals surface area contributed by atoms with Crippen LogP contribution in [-0.2, 0) is 12.8 Å². The van der Waals surface area contributed by atoms with E-state index in [1.54, 1.807) is 0 Å². The van der Waals surface area contributed by atoms with Gasteiger partial charge in [-0.25, -0.2) is 9.67 Å². The molecule has 2 heterocycles. The molecule has 0 saturated heterocycles. The lowest BCUT2D eigenvalue weighted by Crippen LogP contribution is -2.41. The first-order valence-electron chi connectivity index (χ1n) is 8.95. The molecule has 2 aromatic rings. The van der Waals surface area contributed by atoms with Crippen LogP contribution >= 0.6 is 0 Å². The SMILES string of the molecule is Cc1c(C(=O)N(CCC(F)(F)F)CC(F)(F)F)cnn1-c1nc2c(c(=O)[nH]1)CCC2. The number of carbonyl (C=O) groups is 1. The summed E-state index contributed by atoms with van der Waals surface area (Å²) in [5, 5.41) is 3.89. The van der Waals surface area contributed by atoms with Gasteiger partial charge in [0.05, 0.1) is 29.6 Å². The van der Waals surface area contributed by atoms with Crippen LogP contribution in [0.25, 0.3) is 5.95 Å². The first-order valence-corrected chi connectivity index (χ1v) is 8.95. The number of aromatic amines is 1. The normalized spacial score (nSPS) is 14.1. The van der Waals surface area contributed by atoms with Gasteiger partial charge in [0.1, 0.15) is 6.54 Å². The summed E-state index contributed by atoms with van der Waals surface area (Å²) in [6.45, 7) is -1.64. The highest BCUT2D eigenvalue weighted by Gasteiger charge is 2.37. The number of alkyl halides is 6. The average molecular weight is 437 g/mol. The minimum absolute atomic E-state index is 0.0186. The molecule has 0 unspecified atom stereocenters.